The molecule has 0 spiro atoms. The Kier molecular flexibility index (Phi) is 4.59. The highest BCUT2D eigenvalue weighted by Crippen LogP contribution is 2.24. The highest BCUT2D eigenvalue weighted by atomic mass is 16.5. The van der Waals surface area contributed by atoms with Gasteiger partial charge in [0.1, 0.15) is 5.75 Å². The van der Waals surface area contributed by atoms with E-state index in [1.165, 1.54) is 0 Å². The zero-order chi connectivity index (χ0) is 11.3. The fraction of sp³-hybridized carbons (Fsp3) is 0.500. The van der Waals surface area contributed by atoms with E-state index in [0.717, 1.165) is 11.3 Å². The Labute approximate surface area is 91.1 Å². The highest BCUT2D eigenvalue weighted by molar-refractivity contribution is 5.35. The molecule has 0 saturated carbocycles. The molecule has 2 unspecified atom stereocenters. The van der Waals surface area contributed by atoms with Crippen LogP contribution in [0.25, 0.3) is 0 Å². The van der Waals surface area contributed by atoms with E-state index < -0.39 is 0 Å². The summed E-state index contributed by atoms with van der Waals surface area (Å²) < 4.78 is 5.28. The van der Waals surface area contributed by atoms with E-state index in [4.69, 9.17) is 9.84 Å². The molecule has 0 aliphatic heterocycles. The van der Waals surface area contributed by atoms with E-state index >= 15 is 0 Å². The first-order valence-electron chi connectivity index (χ1n) is 5.18. The van der Waals surface area contributed by atoms with Crippen LogP contribution in [0.2, 0.25) is 0 Å². The zero-order valence-electron chi connectivity index (χ0n) is 9.53. The van der Waals surface area contributed by atoms with Gasteiger partial charge in [0.05, 0.1) is 13.7 Å². The molecule has 1 aromatic carbocycles. The lowest BCUT2D eigenvalue weighted by Crippen LogP contribution is -2.31. The molecule has 3 heteroatoms. The molecule has 0 aliphatic rings. The van der Waals surface area contributed by atoms with Crippen molar-refractivity contribution in [1.29, 1.82) is 0 Å². The molecule has 15 heavy (non-hydrogen) atoms. The van der Waals surface area contributed by atoms with Gasteiger partial charge in [-0.1, -0.05) is 18.2 Å². The largest absolute Gasteiger partial charge is 0.496 e. The van der Waals surface area contributed by atoms with Crippen LogP contribution in [-0.4, -0.2) is 24.9 Å². The third-order valence-electron chi connectivity index (χ3n) is 2.41. The Hall–Kier alpha value is -1.06. The van der Waals surface area contributed by atoms with Crippen LogP contribution < -0.4 is 10.1 Å². The van der Waals surface area contributed by atoms with Crippen LogP contribution in [0.4, 0.5) is 0 Å². The molecular formula is C12H19NO2. The SMILES string of the molecule is COc1ccccc1C(C)NC(C)CO. The number of hydrogen-bond donors (Lipinski definition) is 2. The second kappa shape index (κ2) is 5.73. The van der Waals surface area contributed by atoms with Crippen molar-refractivity contribution >= 4 is 0 Å². The summed E-state index contributed by atoms with van der Waals surface area (Å²) in [5.74, 6) is 0.877. The average Bonchev–Trinajstić information content (AvgIpc) is 2.28. The summed E-state index contributed by atoms with van der Waals surface area (Å²) in [5, 5.41) is 12.3. The van der Waals surface area contributed by atoms with Crippen LogP contribution in [-0.2, 0) is 0 Å². The monoisotopic (exact) mass is 209 g/mol. The molecule has 0 aliphatic carbocycles. The molecule has 3 nitrogen and oxygen atoms in total. The molecule has 0 aromatic heterocycles. The number of benzene rings is 1. The molecule has 2 atom stereocenters. The summed E-state index contributed by atoms with van der Waals surface area (Å²) >= 11 is 0. The molecule has 0 saturated heterocycles. The molecule has 0 fully saturated rings. The maximum absolute atomic E-state index is 8.96. The fourth-order valence-corrected chi connectivity index (χ4v) is 1.59. The van der Waals surface area contributed by atoms with Crippen LogP contribution in [0.15, 0.2) is 24.3 Å². The first-order valence-corrected chi connectivity index (χ1v) is 5.18. The fourth-order valence-electron chi connectivity index (χ4n) is 1.59. The van der Waals surface area contributed by atoms with E-state index in [-0.39, 0.29) is 18.7 Å². The Bertz CT molecular complexity index is 301. The topological polar surface area (TPSA) is 41.5 Å². The van der Waals surface area contributed by atoms with Crippen LogP contribution in [0.5, 0.6) is 5.75 Å². The normalized spacial score (nSPS) is 14.7. The van der Waals surface area contributed by atoms with Crippen molar-refractivity contribution in [2.45, 2.75) is 25.9 Å². The predicted molar refractivity (Wildman–Crippen MR) is 61.1 cm³/mol. The molecule has 84 valence electrons. The Morgan fingerprint density at radius 3 is 2.60 bits per heavy atom. The Morgan fingerprint density at radius 2 is 2.00 bits per heavy atom. The van der Waals surface area contributed by atoms with Crippen LogP contribution >= 0.6 is 0 Å². The lowest BCUT2D eigenvalue weighted by atomic mass is 10.1. The quantitative estimate of drug-likeness (QED) is 0.776. The van der Waals surface area contributed by atoms with Gasteiger partial charge in [-0.3, -0.25) is 0 Å². The smallest absolute Gasteiger partial charge is 0.123 e. The summed E-state index contributed by atoms with van der Waals surface area (Å²) in [7, 11) is 1.67. The van der Waals surface area contributed by atoms with Gasteiger partial charge in [-0.2, -0.15) is 0 Å². The number of aliphatic hydroxyl groups excluding tert-OH is 1. The lowest BCUT2D eigenvalue weighted by Gasteiger charge is -2.20. The number of methoxy groups -OCH3 is 1. The van der Waals surface area contributed by atoms with Crippen molar-refractivity contribution in [2.75, 3.05) is 13.7 Å². The zero-order valence-corrected chi connectivity index (χ0v) is 9.53. The van der Waals surface area contributed by atoms with Gasteiger partial charge < -0.3 is 15.2 Å². The Balaban J connectivity index is 2.76. The minimum atomic E-state index is 0.0879. The number of aliphatic hydroxyl groups is 1. The summed E-state index contributed by atoms with van der Waals surface area (Å²) in [4.78, 5) is 0. The maximum atomic E-state index is 8.96. The van der Waals surface area contributed by atoms with E-state index in [2.05, 4.69) is 12.2 Å². The number of para-hydroxylation sites is 1. The van der Waals surface area contributed by atoms with Crippen LogP contribution in [0, 0.1) is 0 Å². The van der Waals surface area contributed by atoms with Crippen molar-refractivity contribution in [1.82, 2.24) is 5.32 Å². The van der Waals surface area contributed by atoms with E-state index in [0.29, 0.717) is 0 Å². The van der Waals surface area contributed by atoms with Gasteiger partial charge in [0, 0.05) is 17.6 Å². The van der Waals surface area contributed by atoms with Crippen molar-refractivity contribution in [3.63, 3.8) is 0 Å². The lowest BCUT2D eigenvalue weighted by molar-refractivity contribution is 0.242. The number of ether oxygens (including phenoxy) is 1. The summed E-state index contributed by atoms with van der Waals surface area (Å²) in [5.41, 5.74) is 1.11. The summed E-state index contributed by atoms with van der Waals surface area (Å²) in [6, 6.07) is 8.16. The number of rotatable bonds is 5. The summed E-state index contributed by atoms with van der Waals surface area (Å²) in [6.45, 7) is 4.15. The second-order valence-corrected chi connectivity index (χ2v) is 3.71. The molecule has 2 N–H and O–H groups in total. The van der Waals surface area contributed by atoms with Gasteiger partial charge in [-0.25, -0.2) is 0 Å². The van der Waals surface area contributed by atoms with Gasteiger partial charge in [0.2, 0.25) is 0 Å². The molecule has 1 aromatic rings. The third kappa shape index (κ3) is 3.22. The van der Waals surface area contributed by atoms with E-state index in [1.54, 1.807) is 7.11 Å². The molecule has 1 rings (SSSR count). The minimum absolute atomic E-state index is 0.0879. The molecule has 0 radical (unpaired) electrons. The van der Waals surface area contributed by atoms with Crippen LogP contribution in [0.1, 0.15) is 25.5 Å². The number of hydrogen-bond acceptors (Lipinski definition) is 3. The summed E-state index contributed by atoms with van der Waals surface area (Å²) in [6.07, 6.45) is 0. The minimum Gasteiger partial charge on any atom is -0.496 e. The number of nitrogens with one attached hydrogen (secondary N) is 1. The van der Waals surface area contributed by atoms with Gasteiger partial charge in [0.15, 0.2) is 0 Å². The van der Waals surface area contributed by atoms with Gasteiger partial charge in [0.25, 0.3) is 0 Å². The predicted octanol–water partition coefficient (Wildman–Crippen LogP) is 1.73. The average molecular weight is 209 g/mol. The third-order valence-corrected chi connectivity index (χ3v) is 2.41. The maximum Gasteiger partial charge on any atom is 0.123 e. The van der Waals surface area contributed by atoms with E-state index in [9.17, 15) is 0 Å². The molecule has 0 heterocycles. The Morgan fingerprint density at radius 1 is 1.33 bits per heavy atom. The second-order valence-electron chi connectivity index (χ2n) is 3.71. The highest BCUT2D eigenvalue weighted by Gasteiger charge is 2.12. The van der Waals surface area contributed by atoms with Gasteiger partial charge in [-0.15, -0.1) is 0 Å². The first-order chi connectivity index (χ1) is 7.19. The van der Waals surface area contributed by atoms with E-state index in [1.807, 2.05) is 31.2 Å². The first kappa shape index (κ1) is 12.0. The molecular weight excluding hydrogens is 190 g/mol. The van der Waals surface area contributed by atoms with Crippen LogP contribution in [0.3, 0.4) is 0 Å². The van der Waals surface area contributed by atoms with Crippen molar-refractivity contribution in [2.24, 2.45) is 0 Å². The van der Waals surface area contributed by atoms with Gasteiger partial charge >= 0.3 is 0 Å². The van der Waals surface area contributed by atoms with Gasteiger partial charge in [-0.05, 0) is 19.9 Å². The molecule has 0 bridgehead atoms. The van der Waals surface area contributed by atoms with Crippen molar-refractivity contribution in [3.05, 3.63) is 29.8 Å². The standard InChI is InChI=1S/C12H19NO2/c1-9(8-14)13-10(2)11-6-4-5-7-12(11)15-3/h4-7,9-10,13-14H,8H2,1-3H3. The van der Waals surface area contributed by atoms with Crippen molar-refractivity contribution < 1.29 is 9.84 Å². The van der Waals surface area contributed by atoms with Crippen molar-refractivity contribution in [3.8, 4) is 5.75 Å². The molecule has 0 amide bonds.